The van der Waals surface area contributed by atoms with Gasteiger partial charge in [0, 0.05) is 18.2 Å². The molecule has 3 N–H and O–H groups in total. The zero-order valence-corrected chi connectivity index (χ0v) is 12.1. The van der Waals surface area contributed by atoms with E-state index in [4.69, 9.17) is 25.1 Å². The maximum Gasteiger partial charge on any atom is 0.305 e. The second-order valence-corrected chi connectivity index (χ2v) is 5.04. The number of carbonyl (C=O) groups is 1. The Bertz CT molecular complexity index is 485. The average Bonchev–Trinajstić information content (AvgIpc) is 2.47. The third-order valence-corrected chi connectivity index (χ3v) is 3.43. The fourth-order valence-electron chi connectivity index (χ4n) is 2.38. The highest BCUT2D eigenvalue weighted by Gasteiger charge is 2.23. The monoisotopic (exact) mass is 295 g/mol. The number of benzene rings is 1. The second kappa shape index (κ2) is 7.28. The molecule has 6 heteroatoms. The number of hydrogen-bond acceptors (Lipinski definition) is 5. The van der Waals surface area contributed by atoms with Gasteiger partial charge >= 0.3 is 5.97 Å². The number of aliphatic carboxylic acids is 1. The van der Waals surface area contributed by atoms with Gasteiger partial charge in [0.15, 0.2) is 11.5 Å². The van der Waals surface area contributed by atoms with E-state index in [0.717, 1.165) is 19.4 Å². The van der Waals surface area contributed by atoms with Crippen LogP contribution in [0, 0.1) is 0 Å². The van der Waals surface area contributed by atoms with Gasteiger partial charge in [-0.05, 0) is 18.9 Å². The lowest BCUT2D eigenvalue weighted by Crippen LogP contribution is -2.29. The molecule has 1 saturated heterocycles. The quantitative estimate of drug-likeness (QED) is 0.830. The van der Waals surface area contributed by atoms with Gasteiger partial charge in [-0.2, -0.15) is 0 Å². The van der Waals surface area contributed by atoms with E-state index in [-0.39, 0.29) is 12.5 Å². The molecule has 6 nitrogen and oxygen atoms in total. The first kappa shape index (κ1) is 15.6. The van der Waals surface area contributed by atoms with Gasteiger partial charge in [-0.15, -0.1) is 0 Å². The molecule has 0 radical (unpaired) electrons. The normalized spacial score (nSPS) is 19.8. The Morgan fingerprint density at radius 3 is 3.00 bits per heavy atom. The highest BCUT2D eigenvalue weighted by molar-refractivity contribution is 5.68. The Morgan fingerprint density at radius 2 is 2.38 bits per heavy atom. The van der Waals surface area contributed by atoms with Crippen LogP contribution >= 0.6 is 0 Å². The number of carboxylic acids is 1. The zero-order chi connectivity index (χ0) is 15.2. The highest BCUT2D eigenvalue weighted by atomic mass is 16.5. The van der Waals surface area contributed by atoms with Gasteiger partial charge in [-0.3, -0.25) is 4.79 Å². The van der Waals surface area contributed by atoms with Gasteiger partial charge in [0.25, 0.3) is 0 Å². The van der Waals surface area contributed by atoms with E-state index in [1.165, 1.54) is 0 Å². The molecule has 1 aliphatic rings. The topological polar surface area (TPSA) is 91.0 Å². The van der Waals surface area contributed by atoms with Crippen molar-refractivity contribution in [2.24, 2.45) is 5.73 Å². The Balaban J connectivity index is 2.24. The molecule has 1 aliphatic heterocycles. The first-order chi connectivity index (χ1) is 10.1. The molecule has 0 spiro atoms. The standard InChI is InChI=1S/C15H21NO5/c1-19-13-6-2-5-11(12(16)8-14(17)18)15(13)21-10-4-3-7-20-9-10/h2,5-6,10,12H,3-4,7-9,16H2,1H3,(H,17,18). The minimum absolute atomic E-state index is 0.0640. The third kappa shape index (κ3) is 4.09. The van der Waals surface area contributed by atoms with Crippen LogP contribution in [-0.2, 0) is 9.53 Å². The molecule has 0 amide bonds. The maximum absolute atomic E-state index is 10.9. The van der Waals surface area contributed by atoms with Crippen LogP contribution in [0.4, 0.5) is 0 Å². The third-order valence-electron chi connectivity index (χ3n) is 3.43. The summed E-state index contributed by atoms with van der Waals surface area (Å²) < 4.78 is 16.7. The smallest absolute Gasteiger partial charge is 0.305 e. The van der Waals surface area contributed by atoms with Crippen LogP contribution in [0.3, 0.4) is 0 Å². The SMILES string of the molecule is COc1cccc(C(N)CC(=O)O)c1OC1CCCOC1. The molecule has 0 aromatic heterocycles. The van der Waals surface area contributed by atoms with E-state index in [0.29, 0.717) is 23.7 Å². The maximum atomic E-state index is 10.9. The first-order valence-corrected chi connectivity index (χ1v) is 7.00. The molecule has 0 aliphatic carbocycles. The summed E-state index contributed by atoms with van der Waals surface area (Å²) in [4.78, 5) is 10.9. The largest absolute Gasteiger partial charge is 0.493 e. The number of para-hydroxylation sites is 1. The molecular formula is C15H21NO5. The molecule has 21 heavy (non-hydrogen) atoms. The molecule has 116 valence electrons. The number of ether oxygens (including phenoxy) is 3. The van der Waals surface area contributed by atoms with E-state index in [2.05, 4.69) is 0 Å². The second-order valence-electron chi connectivity index (χ2n) is 5.04. The number of methoxy groups -OCH3 is 1. The minimum atomic E-state index is -0.947. The van der Waals surface area contributed by atoms with Crippen molar-refractivity contribution in [2.45, 2.75) is 31.4 Å². The summed E-state index contributed by atoms with van der Waals surface area (Å²) in [5.74, 6) is 0.125. The molecule has 2 atom stereocenters. The van der Waals surface area contributed by atoms with E-state index >= 15 is 0 Å². The Kier molecular flexibility index (Phi) is 5.41. The summed E-state index contributed by atoms with van der Waals surface area (Å²) in [6.45, 7) is 1.27. The molecule has 1 heterocycles. The van der Waals surface area contributed by atoms with Crippen LogP contribution in [0.15, 0.2) is 18.2 Å². The lowest BCUT2D eigenvalue weighted by molar-refractivity contribution is -0.137. The van der Waals surface area contributed by atoms with Gasteiger partial charge in [-0.1, -0.05) is 12.1 Å². The van der Waals surface area contributed by atoms with Crippen molar-refractivity contribution < 1.29 is 24.1 Å². The fraction of sp³-hybridized carbons (Fsp3) is 0.533. The molecule has 1 aromatic rings. The van der Waals surface area contributed by atoms with E-state index in [1.54, 1.807) is 25.3 Å². The van der Waals surface area contributed by atoms with Crippen molar-refractivity contribution in [2.75, 3.05) is 20.3 Å². The van der Waals surface area contributed by atoms with Crippen LogP contribution in [-0.4, -0.2) is 37.5 Å². The van der Waals surface area contributed by atoms with E-state index in [9.17, 15) is 4.79 Å². The van der Waals surface area contributed by atoms with E-state index in [1.807, 2.05) is 0 Å². The summed E-state index contributed by atoms with van der Waals surface area (Å²) in [6.07, 6.45) is 1.61. The van der Waals surface area contributed by atoms with Crippen LogP contribution in [0.1, 0.15) is 30.9 Å². The Morgan fingerprint density at radius 1 is 1.57 bits per heavy atom. The van der Waals surface area contributed by atoms with Crippen molar-refractivity contribution in [1.82, 2.24) is 0 Å². The minimum Gasteiger partial charge on any atom is -0.493 e. The van der Waals surface area contributed by atoms with Gasteiger partial charge in [-0.25, -0.2) is 0 Å². The zero-order valence-electron chi connectivity index (χ0n) is 12.1. The number of hydrogen-bond donors (Lipinski definition) is 2. The van der Waals surface area contributed by atoms with Crippen molar-refractivity contribution in [3.8, 4) is 11.5 Å². The summed E-state index contributed by atoms with van der Waals surface area (Å²) in [5.41, 5.74) is 6.62. The van der Waals surface area contributed by atoms with Crippen LogP contribution < -0.4 is 15.2 Å². The molecular weight excluding hydrogens is 274 g/mol. The lowest BCUT2D eigenvalue weighted by atomic mass is 10.0. The lowest BCUT2D eigenvalue weighted by Gasteiger charge is -2.26. The van der Waals surface area contributed by atoms with Gasteiger partial charge in [0.05, 0.1) is 20.1 Å². The van der Waals surface area contributed by atoms with Crippen LogP contribution in [0.5, 0.6) is 11.5 Å². The first-order valence-electron chi connectivity index (χ1n) is 7.00. The van der Waals surface area contributed by atoms with E-state index < -0.39 is 12.0 Å². The van der Waals surface area contributed by atoms with Gasteiger partial charge in [0.2, 0.25) is 0 Å². The van der Waals surface area contributed by atoms with Crippen molar-refractivity contribution in [1.29, 1.82) is 0 Å². The predicted octanol–water partition coefficient (Wildman–Crippen LogP) is 1.73. The summed E-state index contributed by atoms with van der Waals surface area (Å²) in [7, 11) is 1.55. The molecule has 0 bridgehead atoms. The fourth-order valence-corrected chi connectivity index (χ4v) is 2.38. The van der Waals surface area contributed by atoms with Crippen LogP contribution in [0.25, 0.3) is 0 Å². The number of rotatable bonds is 6. The predicted molar refractivity (Wildman–Crippen MR) is 76.6 cm³/mol. The highest BCUT2D eigenvalue weighted by Crippen LogP contribution is 2.36. The van der Waals surface area contributed by atoms with Gasteiger partial charge < -0.3 is 25.1 Å². The van der Waals surface area contributed by atoms with Crippen molar-refractivity contribution >= 4 is 5.97 Å². The molecule has 2 unspecified atom stereocenters. The van der Waals surface area contributed by atoms with Gasteiger partial charge in [0.1, 0.15) is 6.10 Å². The molecule has 0 saturated carbocycles. The summed E-state index contributed by atoms with van der Waals surface area (Å²) >= 11 is 0. The van der Waals surface area contributed by atoms with Crippen molar-refractivity contribution in [3.63, 3.8) is 0 Å². The Hall–Kier alpha value is -1.79. The molecule has 2 rings (SSSR count). The molecule has 1 fully saturated rings. The van der Waals surface area contributed by atoms with Crippen LogP contribution in [0.2, 0.25) is 0 Å². The molecule has 1 aromatic carbocycles. The Labute approximate surface area is 123 Å². The number of carboxylic acid groups (broad SMARTS) is 1. The van der Waals surface area contributed by atoms with Crippen molar-refractivity contribution in [3.05, 3.63) is 23.8 Å². The summed E-state index contributed by atoms with van der Waals surface area (Å²) in [5, 5.41) is 8.91. The average molecular weight is 295 g/mol. The number of nitrogens with two attached hydrogens (primary N) is 1. The summed E-state index contributed by atoms with van der Waals surface area (Å²) in [6, 6.07) is 4.68.